The lowest BCUT2D eigenvalue weighted by molar-refractivity contribution is -0.143. The molecular weight excluding hydrogens is 220 g/mol. The van der Waals surface area contributed by atoms with Gasteiger partial charge in [0.25, 0.3) is 0 Å². The van der Waals surface area contributed by atoms with Crippen LogP contribution in [0.4, 0.5) is 0 Å². The summed E-state index contributed by atoms with van der Waals surface area (Å²) >= 11 is 0. The summed E-state index contributed by atoms with van der Waals surface area (Å²) in [5.74, 6) is -2.25. The smallest absolute Gasteiger partial charge is 0.306 e. The Bertz CT molecular complexity index is 372. The van der Waals surface area contributed by atoms with Crippen LogP contribution in [-0.4, -0.2) is 22.2 Å². The average Bonchev–Trinajstić information content (AvgIpc) is 2.28. The van der Waals surface area contributed by atoms with Gasteiger partial charge in [-0.25, -0.2) is 0 Å². The van der Waals surface area contributed by atoms with Crippen molar-refractivity contribution in [3.63, 3.8) is 0 Å². The molecule has 0 aromatic heterocycles. The molecule has 0 fully saturated rings. The molecule has 0 heterocycles. The largest absolute Gasteiger partial charge is 0.481 e. The molecule has 0 aliphatic rings. The van der Waals surface area contributed by atoms with Crippen LogP contribution in [0.3, 0.4) is 0 Å². The first-order valence-electron chi connectivity index (χ1n) is 5.58. The molecule has 0 radical (unpaired) electrons. The van der Waals surface area contributed by atoms with E-state index in [9.17, 15) is 9.59 Å². The van der Waals surface area contributed by atoms with Crippen molar-refractivity contribution in [2.24, 2.45) is 5.92 Å². The van der Waals surface area contributed by atoms with Gasteiger partial charge in [0.15, 0.2) is 0 Å². The van der Waals surface area contributed by atoms with E-state index < -0.39 is 17.9 Å². The van der Waals surface area contributed by atoms with Crippen molar-refractivity contribution in [3.8, 4) is 0 Å². The number of hydrogen-bond acceptors (Lipinski definition) is 2. The van der Waals surface area contributed by atoms with Gasteiger partial charge in [-0.2, -0.15) is 0 Å². The van der Waals surface area contributed by atoms with Crippen molar-refractivity contribution in [1.82, 2.24) is 0 Å². The molecule has 1 atom stereocenters. The maximum absolute atomic E-state index is 11.0. The molecule has 1 aromatic rings. The normalized spacial score (nSPS) is 12.0. The Morgan fingerprint density at radius 2 is 1.76 bits per heavy atom. The van der Waals surface area contributed by atoms with Crippen LogP contribution in [0.1, 0.15) is 24.8 Å². The van der Waals surface area contributed by atoms with Crippen LogP contribution in [0.25, 0.3) is 0 Å². The van der Waals surface area contributed by atoms with E-state index in [0.717, 1.165) is 5.56 Å². The molecule has 1 rings (SSSR count). The Morgan fingerprint density at radius 1 is 1.12 bits per heavy atom. The fourth-order valence-electron chi connectivity index (χ4n) is 1.71. The van der Waals surface area contributed by atoms with Crippen molar-refractivity contribution in [1.29, 1.82) is 0 Å². The van der Waals surface area contributed by atoms with Crippen molar-refractivity contribution in [3.05, 3.63) is 35.9 Å². The summed E-state index contributed by atoms with van der Waals surface area (Å²) in [5, 5.41) is 17.6. The highest BCUT2D eigenvalue weighted by atomic mass is 16.4. The number of carbonyl (C=O) groups is 2. The van der Waals surface area contributed by atoms with Gasteiger partial charge in [0.05, 0.1) is 5.92 Å². The minimum atomic E-state index is -0.881. The Kier molecular flexibility index (Phi) is 5.20. The standard InChI is InChI=1S/C13H16O4/c14-12(15)8-4-7-11(13(16)17)9-10-5-2-1-3-6-10/h1-3,5-6,11H,4,7-9H2,(H,14,15)(H,16,17)/t11-/m1/s1. The third-order valence-electron chi connectivity index (χ3n) is 2.62. The van der Waals surface area contributed by atoms with Crippen LogP contribution in [0.15, 0.2) is 30.3 Å². The zero-order valence-corrected chi connectivity index (χ0v) is 9.50. The summed E-state index contributed by atoms with van der Waals surface area (Å²) in [6.07, 6.45) is 1.28. The van der Waals surface area contributed by atoms with Gasteiger partial charge in [-0.05, 0) is 24.8 Å². The van der Waals surface area contributed by atoms with Gasteiger partial charge in [0.2, 0.25) is 0 Å². The third-order valence-corrected chi connectivity index (χ3v) is 2.62. The van der Waals surface area contributed by atoms with E-state index >= 15 is 0 Å². The topological polar surface area (TPSA) is 74.6 Å². The number of aliphatic carboxylic acids is 2. The molecule has 0 amide bonds. The predicted molar refractivity (Wildman–Crippen MR) is 62.8 cm³/mol. The molecule has 0 bridgehead atoms. The Morgan fingerprint density at radius 3 is 2.29 bits per heavy atom. The second-order valence-corrected chi connectivity index (χ2v) is 4.01. The van der Waals surface area contributed by atoms with Gasteiger partial charge in [-0.15, -0.1) is 0 Å². The zero-order chi connectivity index (χ0) is 12.7. The molecule has 4 nitrogen and oxygen atoms in total. The van der Waals surface area contributed by atoms with Crippen molar-refractivity contribution >= 4 is 11.9 Å². The van der Waals surface area contributed by atoms with Crippen LogP contribution >= 0.6 is 0 Å². The van der Waals surface area contributed by atoms with Gasteiger partial charge < -0.3 is 10.2 Å². The monoisotopic (exact) mass is 236 g/mol. The first kappa shape index (κ1) is 13.2. The Labute approximate surface area is 99.9 Å². The minimum absolute atomic E-state index is 0.0264. The molecule has 0 unspecified atom stereocenters. The number of benzene rings is 1. The number of carboxylic acids is 2. The second-order valence-electron chi connectivity index (χ2n) is 4.01. The molecule has 2 N–H and O–H groups in total. The lowest BCUT2D eigenvalue weighted by Crippen LogP contribution is -2.16. The van der Waals surface area contributed by atoms with E-state index in [-0.39, 0.29) is 6.42 Å². The Hall–Kier alpha value is -1.84. The van der Waals surface area contributed by atoms with E-state index in [4.69, 9.17) is 10.2 Å². The summed E-state index contributed by atoms with van der Waals surface area (Å²) in [7, 11) is 0. The fourth-order valence-corrected chi connectivity index (χ4v) is 1.71. The second kappa shape index (κ2) is 6.68. The SMILES string of the molecule is O=C(O)CCC[C@H](Cc1ccccc1)C(=O)O. The van der Waals surface area contributed by atoms with Gasteiger partial charge in [0.1, 0.15) is 0 Å². The lowest BCUT2D eigenvalue weighted by atomic mass is 9.94. The minimum Gasteiger partial charge on any atom is -0.481 e. The highest BCUT2D eigenvalue weighted by Gasteiger charge is 2.17. The molecule has 0 aliphatic carbocycles. The van der Waals surface area contributed by atoms with Crippen LogP contribution in [0, 0.1) is 5.92 Å². The summed E-state index contributed by atoms with van der Waals surface area (Å²) in [6, 6.07) is 9.38. The molecule has 0 saturated heterocycles. The van der Waals surface area contributed by atoms with Crippen molar-refractivity contribution in [2.45, 2.75) is 25.7 Å². The number of hydrogen-bond donors (Lipinski definition) is 2. The van der Waals surface area contributed by atoms with Crippen molar-refractivity contribution < 1.29 is 19.8 Å². The van der Waals surface area contributed by atoms with E-state index in [0.29, 0.717) is 19.3 Å². The average molecular weight is 236 g/mol. The first-order chi connectivity index (χ1) is 8.09. The van der Waals surface area contributed by atoms with E-state index in [1.807, 2.05) is 30.3 Å². The summed E-state index contributed by atoms with van der Waals surface area (Å²) in [5.41, 5.74) is 0.968. The van der Waals surface area contributed by atoms with Gasteiger partial charge in [-0.1, -0.05) is 30.3 Å². The van der Waals surface area contributed by atoms with E-state index in [1.54, 1.807) is 0 Å². The van der Waals surface area contributed by atoms with Gasteiger partial charge in [0, 0.05) is 6.42 Å². The van der Waals surface area contributed by atoms with E-state index in [1.165, 1.54) is 0 Å². The molecule has 0 aliphatic heterocycles. The maximum atomic E-state index is 11.0. The fraction of sp³-hybridized carbons (Fsp3) is 0.385. The van der Waals surface area contributed by atoms with Crippen molar-refractivity contribution in [2.75, 3.05) is 0 Å². The van der Waals surface area contributed by atoms with Crippen LogP contribution in [0.5, 0.6) is 0 Å². The lowest BCUT2D eigenvalue weighted by Gasteiger charge is -2.11. The molecule has 17 heavy (non-hydrogen) atoms. The van der Waals surface area contributed by atoms with Gasteiger partial charge in [-0.3, -0.25) is 9.59 Å². The molecule has 0 saturated carbocycles. The highest BCUT2D eigenvalue weighted by Crippen LogP contribution is 2.15. The molecule has 1 aromatic carbocycles. The molecular formula is C13H16O4. The molecule has 92 valence electrons. The van der Waals surface area contributed by atoms with E-state index in [2.05, 4.69) is 0 Å². The maximum Gasteiger partial charge on any atom is 0.306 e. The van der Waals surface area contributed by atoms with Crippen LogP contribution in [0.2, 0.25) is 0 Å². The van der Waals surface area contributed by atoms with Gasteiger partial charge >= 0.3 is 11.9 Å². The summed E-state index contributed by atoms with van der Waals surface area (Å²) in [6.45, 7) is 0. The zero-order valence-electron chi connectivity index (χ0n) is 9.50. The van der Waals surface area contributed by atoms with Crippen LogP contribution in [-0.2, 0) is 16.0 Å². The number of rotatable bonds is 7. The molecule has 0 spiro atoms. The third kappa shape index (κ3) is 5.15. The summed E-state index contributed by atoms with van der Waals surface area (Å²) in [4.78, 5) is 21.4. The summed E-state index contributed by atoms with van der Waals surface area (Å²) < 4.78 is 0. The predicted octanol–water partition coefficient (Wildman–Crippen LogP) is 2.18. The quantitative estimate of drug-likeness (QED) is 0.761. The highest BCUT2D eigenvalue weighted by molar-refractivity contribution is 5.70. The number of carboxylic acid groups (broad SMARTS) is 2. The van der Waals surface area contributed by atoms with Crippen LogP contribution < -0.4 is 0 Å². The molecule has 4 heteroatoms. The first-order valence-corrected chi connectivity index (χ1v) is 5.58. The Balaban J connectivity index is 2.49.